The first-order valence-corrected chi connectivity index (χ1v) is 7.02. The van der Waals surface area contributed by atoms with Crippen molar-refractivity contribution >= 4 is 15.5 Å². The summed E-state index contributed by atoms with van der Waals surface area (Å²) in [5.41, 5.74) is 0.118. The molecule has 0 bridgehead atoms. The number of para-hydroxylation sites is 1. The van der Waals surface area contributed by atoms with E-state index >= 15 is 0 Å². The maximum atomic E-state index is 12.9. The SMILES string of the molecule is CCS(=O)(=O)c1ccccc1NCC(F)(F)CO. The molecular weight excluding hydrogens is 264 g/mol. The summed E-state index contributed by atoms with van der Waals surface area (Å²) in [4.78, 5) is -0.0127. The van der Waals surface area contributed by atoms with Crippen LogP contribution in [0.15, 0.2) is 29.2 Å². The quantitative estimate of drug-likeness (QED) is 0.828. The second-order valence-electron chi connectivity index (χ2n) is 3.77. The summed E-state index contributed by atoms with van der Waals surface area (Å²) in [5, 5.41) is 10.8. The topological polar surface area (TPSA) is 66.4 Å². The van der Waals surface area contributed by atoms with Crippen molar-refractivity contribution in [3.63, 3.8) is 0 Å². The lowest BCUT2D eigenvalue weighted by atomic mass is 10.3. The van der Waals surface area contributed by atoms with Crippen LogP contribution in [0.4, 0.5) is 14.5 Å². The Morgan fingerprint density at radius 3 is 2.50 bits per heavy atom. The maximum Gasteiger partial charge on any atom is 0.287 e. The maximum absolute atomic E-state index is 12.9. The lowest BCUT2D eigenvalue weighted by Gasteiger charge is -2.16. The average molecular weight is 279 g/mol. The van der Waals surface area contributed by atoms with Gasteiger partial charge in [-0.25, -0.2) is 17.2 Å². The summed E-state index contributed by atoms with van der Waals surface area (Å²) in [5.74, 6) is -3.40. The highest BCUT2D eigenvalue weighted by Crippen LogP contribution is 2.23. The normalized spacial score (nSPS) is 12.4. The Morgan fingerprint density at radius 2 is 1.94 bits per heavy atom. The fraction of sp³-hybridized carbons (Fsp3) is 0.455. The van der Waals surface area contributed by atoms with Crippen LogP contribution in [-0.2, 0) is 9.84 Å². The van der Waals surface area contributed by atoms with E-state index in [1.165, 1.54) is 25.1 Å². The summed E-state index contributed by atoms with van der Waals surface area (Å²) in [6, 6.07) is 5.85. The molecule has 0 aliphatic heterocycles. The average Bonchev–Trinajstić information content (AvgIpc) is 2.37. The van der Waals surface area contributed by atoms with E-state index in [0.717, 1.165) is 0 Å². The Balaban J connectivity index is 2.98. The molecule has 4 nitrogen and oxygen atoms in total. The van der Waals surface area contributed by atoms with Gasteiger partial charge in [-0.3, -0.25) is 0 Å². The fourth-order valence-electron chi connectivity index (χ4n) is 1.32. The standard InChI is InChI=1S/C11H15F2NO3S/c1-2-18(16,17)10-6-4-3-5-9(10)14-7-11(12,13)8-15/h3-6,14-15H,2,7-8H2,1H3. The zero-order valence-corrected chi connectivity index (χ0v) is 10.7. The van der Waals surface area contributed by atoms with Crippen LogP contribution in [0.5, 0.6) is 0 Å². The van der Waals surface area contributed by atoms with E-state index in [1.54, 1.807) is 6.07 Å². The molecule has 7 heteroatoms. The molecule has 0 saturated heterocycles. The number of nitrogens with one attached hydrogen (secondary N) is 1. The van der Waals surface area contributed by atoms with Crippen LogP contribution in [0.3, 0.4) is 0 Å². The number of hydrogen-bond donors (Lipinski definition) is 2. The van der Waals surface area contributed by atoms with Gasteiger partial charge in [-0.15, -0.1) is 0 Å². The first kappa shape index (κ1) is 14.8. The lowest BCUT2D eigenvalue weighted by Crippen LogP contribution is -2.31. The van der Waals surface area contributed by atoms with E-state index in [4.69, 9.17) is 5.11 Å². The molecule has 18 heavy (non-hydrogen) atoms. The Labute approximate surface area is 105 Å². The van der Waals surface area contributed by atoms with Crippen molar-refractivity contribution in [2.75, 3.05) is 24.2 Å². The monoisotopic (exact) mass is 279 g/mol. The van der Waals surface area contributed by atoms with Crippen LogP contribution in [0, 0.1) is 0 Å². The van der Waals surface area contributed by atoms with E-state index in [9.17, 15) is 17.2 Å². The third-order valence-corrected chi connectivity index (χ3v) is 4.16. The number of rotatable bonds is 6. The molecule has 0 radical (unpaired) electrons. The van der Waals surface area contributed by atoms with E-state index < -0.39 is 28.9 Å². The van der Waals surface area contributed by atoms with Crippen molar-refractivity contribution < 1.29 is 22.3 Å². The minimum absolute atomic E-state index is 0.0127. The molecule has 2 N–H and O–H groups in total. The molecule has 0 atom stereocenters. The molecule has 0 amide bonds. The van der Waals surface area contributed by atoms with Gasteiger partial charge in [0.15, 0.2) is 9.84 Å². The fourth-order valence-corrected chi connectivity index (χ4v) is 2.39. The van der Waals surface area contributed by atoms with Crippen LogP contribution in [0.25, 0.3) is 0 Å². The summed E-state index contributed by atoms with van der Waals surface area (Å²) >= 11 is 0. The lowest BCUT2D eigenvalue weighted by molar-refractivity contribution is -0.0373. The summed E-state index contributed by atoms with van der Waals surface area (Å²) in [6.07, 6.45) is 0. The predicted molar refractivity (Wildman–Crippen MR) is 64.7 cm³/mol. The highest BCUT2D eigenvalue weighted by molar-refractivity contribution is 7.91. The minimum Gasteiger partial charge on any atom is -0.390 e. The Hall–Kier alpha value is -1.21. The Bertz CT molecular complexity index is 503. The summed E-state index contributed by atoms with van der Waals surface area (Å²) in [7, 11) is -3.47. The van der Waals surface area contributed by atoms with Crippen molar-refractivity contribution in [2.45, 2.75) is 17.7 Å². The van der Waals surface area contributed by atoms with E-state index in [-0.39, 0.29) is 16.3 Å². The van der Waals surface area contributed by atoms with E-state index in [1.807, 2.05) is 0 Å². The molecule has 1 rings (SSSR count). The molecule has 0 aliphatic carbocycles. The Morgan fingerprint density at radius 1 is 1.33 bits per heavy atom. The summed E-state index contributed by atoms with van der Waals surface area (Å²) < 4.78 is 49.3. The molecule has 0 heterocycles. The number of halogens is 2. The van der Waals surface area contributed by atoms with Crippen LogP contribution in [0.1, 0.15) is 6.92 Å². The van der Waals surface area contributed by atoms with Crippen molar-refractivity contribution in [1.29, 1.82) is 0 Å². The molecule has 1 aromatic carbocycles. The first-order chi connectivity index (χ1) is 8.32. The largest absolute Gasteiger partial charge is 0.390 e. The van der Waals surface area contributed by atoms with Gasteiger partial charge in [-0.2, -0.15) is 0 Å². The number of anilines is 1. The van der Waals surface area contributed by atoms with Gasteiger partial charge < -0.3 is 10.4 Å². The van der Waals surface area contributed by atoms with Gasteiger partial charge >= 0.3 is 0 Å². The van der Waals surface area contributed by atoms with Crippen molar-refractivity contribution in [2.24, 2.45) is 0 Å². The predicted octanol–water partition coefficient (Wildman–Crippen LogP) is 1.52. The van der Waals surface area contributed by atoms with Crippen LogP contribution >= 0.6 is 0 Å². The molecule has 102 valence electrons. The molecule has 0 fully saturated rings. The summed E-state index contributed by atoms with van der Waals surface area (Å²) in [6.45, 7) is -0.628. The van der Waals surface area contributed by atoms with Gasteiger partial charge in [0.05, 0.1) is 22.9 Å². The second kappa shape index (κ2) is 5.62. The molecule has 0 aromatic heterocycles. The smallest absolute Gasteiger partial charge is 0.287 e. The van der Waals surface area contributed by atoms with Gasteiger partial charge in [0.25, 0.3) is 5.92 Å². The van der Waals surface area contributed by atoms with Crippen LogP contribution in [0.2, 0.25) is 0 Å². The van der Waals surface area contributed by atoms with E-state index in [2.05, 4.69) is 5.32 Å². The molecule has 0 unspecified atom stereocenters. The number of aliphatic hydroxyl groups is 1. The van der Waals surface area contributed by atoms with Crippen LogP contribution < -0.4 is 5.32 Å². The molecule has 0 aliphatic rings. The minimum atomic E-state index is -3.47. The Kier molecular flexibility index (Phi) is 4.64. The van der Waals surface area contributed by atoms with Crippen molar-refractivity contribution in [1.82, 2.24) is 0 Å². The highest BCUT2D eigenvalue weighted by Gasteiger charge is 2.28. The third-order valence-electron chi connectivity index (χ3n) is 2.37. The van der Waals surface area contributed by atoms with Crippen LogP contribution in [-0.4, -0.2) is 38.4 Å². The highest BCUT2D eigenvalue weighted by atomic mass is 32.2. The van der Waals surface area contributed by atoms with Gasteiger partial charge in [0.1, 0.15) is 6.61 Å². The number of sulfone groups is 1. The zero-order valence-electron chi connectivity index (χ0n) is 9.86. The number of benzene rings is 1. The molecular formula is C11H15F2NO3S. The number of aliphatic hydroxyl groups excluding tert-OH is 1. The van der Waals surface area contributed by atoms with Crippen molar-refractivity contribution in [3.8, 4) is 0 Å². The van der Waals surface area contributed by atoms with Gasteiger partial charge in [0, 0.05) is 0 Å². The second-order valence-corrected chi connectivity index (χ2v) is 6.01. The van der Waals surface area contributed by atoms with Gasteiger partial charge in [-0.1, -0.05) is 19.1 Å². The molecule has 1 aromatic rings. The first-order valence-electron chi connectivity index (χ1n) is 5.37. The number of hydrogen-bond acceptors (Lipinski definition) is 4. The van der Waals surface area contributed by atoms with Crippen molar-refractivity contribution in [3.05, 3.63) is 24.3 Å². The molecule has 0 saturated carbocycles. The molecule has 0 spiro atoms. The van der Waals surface area contributed by atoms with Gasteiger partial charge in [0.2, 0.25) is 0 Å². The van der Waals surface area contributed by atoms with E-state index in [0.29, 0.717) is 0 Å². The zero-order chi connectivity index (χ0) is 13.8. The van der Waals surface area contributed by atoms with Gasteiger partial charge in [-0.05, 0) is 12.1 Å². The number of alkyl halides is 2. The third kappa shape index (κ3) is 3.64.